The number of benzene rings is 1. The fourth-order valence-electron chi connectivity index (χ4n) is 3.38. The van der Waals surface area contributed by atoms with Crippen LogP contribution in [0.5, 0.6) is 5.75 Å². The van der Waals surface area contributed by atoms with Gasteiger partial charge in [-0.25, -0.2) is 9.36 Å². The van der Waals surface area contributed by atoms with Crippen molar-refractivity contribution in [2.45, 2.75) is 44.2 Å². The van der Waals surface area contributed by atoms with Crippen molar-refractivity contribution in [1.29, 1.82) is 0 Å². The molecule has 188 valence electrons. The van der Waals surface area contributed by atoms with Crippen molar-refractivity contribution in [1.82, 2.24) is 9.55 Å². The molecule has 1 unspecified atom stereocenters. The lowest BCUT2D eigenvalue weighted by molar-refractivity contribution is -0.138. The van der Waals surface area contributed by atoms with E-state index in [2.05, 4.69) is 15.0 Å². The van der Waals surface area contributed by atoms with E-state index in [-0.39, 0.29) is 24.2 Å². The van der Waals surface area contributed by atoms with Crippen molar-refractivity contribution in [3.05, 3.63) is 72.9 Å². The molecule has 1 aromatic carbocycles. The first-order valence-electron chi connectivity index (χ1n) is 10.2. The average Bonchev–Trinajstić information content (AvgIpc) is 3.19. The lowest BCUT2D eigenvalue weighted by atomic mass is 10.1. The average molecular weight is 510 g/mol. The molecular formula is C19H23N6O9P. The Balaban J connectivity index is 1.64. The van der Waals surface area contributed by atoms with E-state index in [1.165, 1.54) is 37.4 Å². The zero-order valence-corrected chi connectivity index (χ0v) is 19.3. The van der Waals surface area contributed by atoms with Gasteiger partial charge in [-0.05, 0) is 36.6 Å². The predicted molar refractivity (Wildman–Crippen MR) is 120 cm³/mol. The number of hydrogen-bond donors (Lipinski definition) is 4. The van der Waals surface area contributed by atoms with Gasteiger partial charge in [0.15, 0.2) is 0 Å². The highest BCUT2D eigenvalue weighted by Gasteiger charge is 2.38. The van der Waals surface area contributed by atoms with E-state index in [0.29, 0.717) is 5.56 Å². The van der Waals surface area contributed by atoms with Crippen LogP contribution in [0.4, 0.5) is 0 Å². The van der Waals surface area contributed by atoms with Crippen molar-refractivity contribution < 1.29 is 33.1 Å². The smallest absolute Gasteiger partial charge is 0.480 e. The number of aliphatic carboxylic acids is 1. The Hall–Kier alpha value is -3.45. The van der Waals surface area contributed by atoms with Crippen LogP contribution in [-0.2, 0) is 25.0 Å². The number of hydrogen-bond acceptors (Lipinski definition) is 9. The lowest BCUT2D eigenvalue weighted by Gasteiger charge is -2.19. The summed E-state index contributed by atoms with van der Waals surface area (Å²) in [4.78, 5) is 49.5. The second-order valence-electron chi connectivity index (χ2n) is 7.76. The number of H-pyrrole nitrogens is 1. The normalized spacial score (nSPS) is 22.1. The van der Waals surface area contributed by atoms with E-state index in [1.54, 1.807) is 0 Å². The van der Waals surface area contributed by atoms with Crippen LogP contribution in [0.2, 0.25) is 0 Å². The molecule has 1 aliphatic rings. The minimum absolute atomic E-state index is 0.0180. The summed E-state index contributed by atoms with van der Waals surface area (Å²) >= 11 is 0. The van der Waals surface area contributed by atoms with Gasteiger partial charge in [-0.2, -0.15) is 0 Å². The molecule has 15 nitrogen and oxygen atoms in total. The summed E-state index contributed by atoms with van der Waals surface area (Å²) in [6.45, 7) is 0.998. The van der Waals surface area contributed by atoms with E-state index in [1.807, 2.05) is 0 Å². The van der Waals surface area contributed by atoms with Gasteiger partial charge in [-0.1, -0.05) is 17.2 Å². The molecule has 1 saturated heterocycles. The highest BCUT2D eigenvalue weighted by atomic mass is 31.2. The van der Waals surface area contributed by atoms with Gasteiger partial charge < -0.3 is 20.1 Å². The van der Waals surface area contributed by atoms with Gasteiger partial charge in [0, 0.05) is 23.1 Å². The van der Waals surface area contributed by atoms with Gasteiger partial charge in [0.25, 0.3) is 5.56 Å². The number of aromatic nitrogens is 2. The highest BCUT2D eigenvalue weighted by Crippen LogP contribution is 2.45. The number of phosphoric ester groups is 1. The number of carboxylic acid groups (broad SMARTS) is 1. The standard InChI is InChI=1S/C19H23N6O9P/c1-10-8-25(19(29)22-17(10)26)16-7-14(23-24-21)15(33-16)9-32-35(30,31)34-12-4-2-11(3-5-12)6-13(20)18(27)28/h2-5,8,13-16H,6-7,9,20H2,1H3,(H,27,28)(H,30,31)(H,22,26,29)/t13-,14-,15+,16+/m0/s1. The summed E-state index contributed by atoms with van der Waals surface area (Å²) < 4.78 is 29.3. The number of aromatic amines is 1. The molecule has 0 radical (unpaired) electrons. The van der Waals surface area contributed by atoms with Crippen LogP contribution in [0.3, 0.4) is 0 Å². The molecule has 0 spiro atoms. The van der Waals surface area contributed by atoms with Gasteiger partial charge in [0.2, 0.25) is 0 Å². The molecule has 1 aromatic heterocycles. The molecule has 1 aliphatic heterocycles. The molecule has 35 heavy (non-hydrogen) atoms. The number of nitrogens with zero attached hydrogens (tertiary/aromatic N) is 4. The van der Waals surface area contributed by atoms with Crippen LogP contribution in [-0.4, -0.2) is 50.3 Å². The Morgan fingerprint density at radius 2 is 2.11 bits per heavy atom. The third kappa shape index (κ3) is 6.79. The van der Waals surface area contributed by atoms with Crippen molar-refractivity contribution >= 4 is 13.8 Å². The first-order chi connectivity index (χ1) is 16.5. The third-order valence-electron chi connectivity index (χ3n) is 5.18. The zero-order chi connectivity index (χ0) is 25.8. The molecule has 0 saturated carbocycles. The molecule has 5 atom stereocenters. The van der Waals surface area contributed by atoms with Gasteiger partial charge >= 0.3 is 19.5 Å². The van der Waals surface area contributed by atoms with Crippen LogP contribution in [0, 0.1) is 6.92 Å². The van der Waals surface area contributed by atoms with E-state index >= 15 is 0 Å². The van der Waals surface area contributed by atoms with Crippen LogP contribution in [0.25, 0.3) is 10.4 Å². The fourth-order valence-corrected chi connectivity index (χ4v) is 4.15. The summed E-state index contributed by atoms with van der Waals surface area (Å²) in [7, 11) is -4.64. The zero-order valence-electron chi connectivity index (χ0n) is 18.4. The van der Waals surface area contributed by atoms with Crippen molar-refractivity contribution in [3.63, 3.8) is 0 Å². The van der Waals surface area contributed by atoms with Gasteiger partial charge in [0.1, 0.15) is 18.0 Å². The quantitative estimate of drug-likeness (QED) is 0.153. The van der Waals surface area contributed by atoms with Gasteiger partial charge in [-0.3, -0.25) is 28.6 Å². The number of aryl methyl sites for hydroxylation is 1. The summed E-state index contributed by atoms with van der Waals surface area (Å²) in [6, 6.07) is 3.76. The Labute approximate surface area is 197 Å². The minimum Gasteiger partial charge on any atom is -0.480 e. The molecular weight excluding hydrogens is 487 g/mol. The molecule has 0 aliphatic carbocycles. The number of azide groups is 1. The Morgan fingerprint density at radius 1 is 1.43 bits per heavy atom. The maximum absolute atomic E-state index is 12.4. The number of nitrogens with two attached hydrogens (primary N) is 1. The number of ether oxygens (including phenoxy) is 1. The monoisotopic (exact) mass is 510 g/mol. The maximum atomic E-state index is 12.4. The molecule has 2 heterocycles. The van der Waals surface area contributed by atoms with Crippen LogP contribution >= 0.6 is 7.82 Å². The number of carboxylic acids is 1. The van der Waals surface area contributed by atoms with Gasteiger partial charge in [-0.15, -0.1) is 0 Å². The fraction of sp³-hybridized carbons (Fsp3) is 0.421. The molecule has 5 N–H and O–H groups in total. The summed E-state index contributed by atoms with van der Waals surface area (Å²) in [6.07, 6.45) is -0.485. The van der Waals surface area contributed by atoms with E-state index in [4.69, 9.17) is 30.2 Å². The number of carbonyl (C=O) groups is 1. The number of phosphoric acid groups is 1. The molecule has 16 heteroatoms. The Bertz CT molecular complexity index is 1290. The SMILES string of the molecule is Cc1cn([C@H]2C[C@H](N=[N+]=[N-])[C@@H](COP(=O)(O)Oc3ccc(C[C@H](N)C(=O)O)cc3)O2)c(=O)[nH]c1=O. The molecule has 0 bridgehead atoms. The first kappa shape index (κ1) is 26.2. The van der Waals surface area contributed by atoms with E-state index in [0.717, 1.165) is 4.57 Å². The first-order valence-corrected chi connectivity index (χ1v) is 11.7. The van der Waals surface area contributed by atoms with Crippen LogP contribution in [0.15, 0.2) is 45.2 Å². The lowest BCUT2D eigenvalue weighted by Crippen LogP contribution is -2.33. The van der Waals surface area contributed by atoms with Crippen LogP contribution < -0.4 is 21.5 Å². The van der Waals surface area contributed by atoms with Gasteiger partial charge in [0.05, 0.1) is 18.8 Å². The van der Waals surface area contributed by atoms with E-state index < -0.39 is 56.1 Å². The summed E-state index contributed by atoms with van der Waals surface area (Å²) in [5, 5.41) is 12.5. The van der Waals surface area contributed by atoms with Crippen molar-refractivity contribution in [3.8, 4) is 5.75 Å². The topological polar surface area (TPSA) is 232 Å². The highest BCUT2D eigenvalue weighted by molar-refractivity contribution is 7.47. The summed E-state index contributed by atoms with van der Waals surface area (Å²) in [5.74, 6) is -1.18. The van der Waals surface area contributed by atoms with Crippen molar-refractivity contribution in [2.75, 3.05) is 6.61 Å². The number of nitrogens with one attached hydrogen (secondary N) is 1. The molecule has 0 amide bonds. The second-order valence-corrected chi connectivity index (χ2v) is 9.14. The Kier molecular flexibility index (Phi) is 8.12. The largest absolute Gasteiger partial charge is 0.527 e. The number of rotatable bonds is 10. The predicted octanol–water partition coefficient (Wildman–Crippen LogP) is 0.962. The second kappa shape index (κ2) is 10.9. The Morgan fingerprint density at radius 3 is 2.74 bits per heavy atom. The third-order valence-corrected chi connectivity index (χ3v) is 6.10. The maximum Gasteiger partial charge on any atom is 0.527 e. The minimum atomic E-state index is -4.64. The molecule has 3 rings (SSSR count). The van der Waals surface area contributed by atoms with E-state index in [9.17, 15) is 23.8 Å². The molecule has 1 fully saturated rings. The molecule has 2 aromatic rings. The summed E-state index contributed by atoms with van der Waals surface area (Å²) in [5.41, 5.74) is 13.9. The van der Waals surface area contributed by atoms with Crippen molar-refractivity contribution in [2.24, 2.45) is 10.8 Å². The van der Waals surface area contributed by atoms with Crippen LogP contribution in [0.1, 0.15) is 23.8 Å².